The molecule has 1 aromatic heterocycles. The van der Waals surface area contributed by atoms with Crippen molar-refractivity contribution in [1.29, 1.82) is 0 Å². The molecule has 1 aliphatic carbocycles. The molecular formula is C20H30N6O3. The van der Waals surface area contributed by atoms with Gasteiger partial charge >= 0.3 is 0 Å². The number of carbonyl (C=O) groups is 3. The van der Waals surface area contributed by atoms with Crippen molar-refractivity contribution in [2.75, 3.05) is 25.0 Å². The Kier molecular flexibility index (Phi) is 5.82. The minimum absolute atomic E-state index is 0.0884. The third kappa shape index (κ3) is 4.59. The van der Waals surface area contributed by atoms with E-state index in [2.05, 4.69) is 15.4 Å². The molecule has 158 valence electrons. The molecule has 0 aromatic carbocycles. The van der Waals surface area contributed by atoms with Gasteiger partial charge in [-0.2, -0.15) is 0 Å². The zero-order valence-electron chi connectivity index (χ0n) is 17.0. The van der Waals surface area contributed by atoms with Crippen LogP contribution in [0.5, 0.6) is 0 Å². The normalized spacial score (nSPS) is 23.8. The Labute approximate surface area is 170 Å². The molecule has 4 rings (SSSR count). The number of nitrogens with one attached hydrogen (secondary N) is 1. The largest absolute Gasteiger partial charge is 0.342 e. The fourth-order valence-corrected chi connectivity index (χ4v) is 4.92. The van der Waals surface area contributed by atoms with Gasteiger partial charge in [-0.3, -0.25) is 24.4 Å². The Morgan fingerprint density at radius 1 is 1.17 bits per heavy atom. The number of rotatable bonds is 5. The third-order valence-corrected chi connectivity index (χ3v) is 6.52. The first-order valence-electron chi connectivity index (χ1n) is 10.7. The van der Waals surface area contributed by atoms with Crippen LogP contribution in [0.2, 0.25) is 0 Å². The zero-order valence-corrected chi connectivity index (χ0v) is 17.0. The number of anilines is 1. The van der Waals surface area contributed by atoms with Crippen molar-refractivity contribution in [3.63, 3.8) is 0 Å². The van der Waals surface area contributed by atoms with Crippen molar-refractivity contribution >= 4 is 23.7 Å². The number of hydrogen-bond donors (Lipinski definition) is 1. The number of carbonyl (C=O) groups excluding carboxylic acids is 3. The summed E-state index contributed by atoms with van der Waals surface area (Å²) in [6.07, 6.45) is 8.45. The molecule has 2 saturated heterocycles. The van der Waals surface area contributed by atoms with E-state index >= 15 is 0 Å². The van der Waals surface area contributed by atoms with Gasteiger partial charge in [0.2, 0.25) is 23.7 Å². The first kappa shape index (κ1) is 19.8. The van der Waals surface area contributed by atoms with Crippen LogP contribution in [0.3, 0.4) is 0 Å². The van der Waals surface area contributed by atoms with Crippen molar-refractivity contribution in [2.45, 2.75) is 57.4 Å². The van der Waals surface area contributed by atoms with Gasteiger partial charge in [0.05, 0.1) is 5.92 Å². The van der Waals surface area contributed by atoms with Crippen molar-refractivity contribution in [2.24, 2.45) is 18.9 Å². The number of hydrogen-bond acceptors (Lipinski definition) is 5. The van der Waals surface area contributed by atoms with Crippen LogP contribution in [0.1, 0.15) is 51.4 Å². The summed E-state index contributed by atoms with van der Waals surface area (Å²) in [5, 5.41) is 6.77. The summed E-state index contributed by atoms with van der Waals surface area (Å²) in [5.41, 5.74) is 0. The Morgan fingerprint density at radius 3 is 2.55 bits per heavy atom. The SMILES string of the molecule is Cn1cnc(NC(=O)CC2CCN(C(=O)C3CC(=O)N(C4CCCC4)C3)CC2)n1. The lowest BCUT2D eigenvalue weighted by atomic mass is 9.92. The smallest absolute Gasteiger partial charge is 0.248 e. The molecule has 1 aromatic rings. The summed E-state index contributed by atoms with van der Waals surface area (Å²) in [6.45, 7) is 1.90. The van der Waals surface area contributed by atoms with Crippen LogP contribution in [-0.4, -0.2) is 68.0 Å². The van der Waals surface area contributed by atoms with E-state index < -0.39 is 0 Å². The summed E-state index contributed by atoms with van der Waals surface area (Å²) in [7, 11) is 1.75. The molecular weight excluding hydrogens is 372 g/mol. The minimum Gasteiger partial charge on any atom is -0.342 e. The zero-order chi connectivity index (χ0) is 20.4. The molecule has 2 aliphatic heterocycles. The summed E-state index contributed by atoms with van der Waals surface area (Å²) in [5.74, 6) is 0.544. The standard InChI is InChI=1S/C20H30N6O3/c1-24-13-21-20(23-24)22-17(27)10-14-6-8-25(9-7-14)19(29)15-11-18(28)26(12-15)16-4-2-3-5-16/h13-16H,2-12H2,1H3,(H,22,23,27). The van der Waals surface area contributed by atoms with Crippen molar-refractivity contribution in [3.05, 3.63) is 6.33 Å². The van der Waals surface area contributed by atoms with Gasteiger partial charge in [0, 0.05) is 45.6 Å². The van der Waals surface area contributed by atoms with E-state index in [1.165, 1.54) is 12.8 Å². The lowest BCUT2D eigenvalue weighted by molar-refractivity contribution is -0.137. The van der Waals surface area contributed by atoms with Crippen LogP contribution in [0.25, 0.3) is 0 Å². The molecule has 1 unspecified atom stereocenters. The van der Waals surface area contributed by atoms with Gasteiger partial charge in [0.1, 0.15) is 6.33 Å². The van der Waals surface area contributed by atoms with Crippen LogP contribution >= 0.6 is 0 Å². The van der Waals surface area contributed by atoms with Crippen LogP contribution in [0, 0.1) is 11.8 Å². The molecule has 0 spiro atoms. The predicted molar refractivity (Wildman–Crippen MR) is 106 cm³/mol. The van der Waals surface area contributed by atoms with Crippen LogP contribution in [-0.2, 0) is 21.4 Å². The first-order chi connectivity index (χ1) is 14.0. The maximum Gasteiger partial charge on any atom is 0.248 e. The highest BCUT2D eigenvalue weighted by molar-refractivity contribution is 5.90. The summed E-state index contributed by atoms with van der Waals surface area (Å²) in [6, 6.07) is 0.346. The molecule has 1 N–H and O–H groups in total. The molecule has 0 bridgehead atoms. The average molecular weight is 402 g/mol. The molecule has 1 saturated carbocycles. The number of amides is 3. The fourth-order valence-electron chi connectivity index (χ4n) is 4.92. The van der Waals surface area contributed by atoms with Crippen molar-refractivity contribution in [3.8, 4) is 0 Å². The number of likely N-dealkylation sites (tertiary alicyclic amines) is 2. The molecule has 9 heteroatoms. The van der Waals surface area contributed by atoms with Crippen LogP contribution in [0.4, 0.5) is 5.95 Å². The van der Waals surface area contributed by atoms with E-state index in [9.17, 15) is 14.4 Å². The molecule has 3 fully saturated rings. The molecule has 9 nitrogen and oxygen atoms in total. The molecule has 3 heterocycles. The third-order valence-electron chi connectivity index (χ3n) is 6.52. The second kappa shape index (κ2) is 8.51. The second-order valence-corrected chi connectivity index (χ2v) is 8.65. The van der Waals surface area contributed by atoms with Crippen LogP contribution < -0.4 is 5.32 Å². The molecule has 3 aliphatic rings. The number of nitrogens with zero attached hydrogens (tertiary/aromatic N) is 5. The Bertz CT molecular complexity index is 764. The van der Waals surface area contributed by atoms with E-state index in [0.717, 1.165) is 25.7 Å². The fraction of sp³-hybridized carbons (Fsp3) is 0.750. The van der Waals surface area contributed by atoms with Gasteiger partial charge in [-0.25, -0.2) is 4.98 Å². The topological polar surface area (TPSA) is 100 Å². The second-order valence-electron chi connectivity index (χ2n) is 8.65. The van der Waals surface area contributed by atoms with Gasteiger partial charge in [-0.1, -0.05) is 12.8 Å². The monoisotopic (exact) mass is 402 g/mol. The van der Waals surface area contributed by atoms with E-state index in [1.807, 2.05) is 9.80 Å². The van der Waals surface area contributed by atoms with E-state index in [1.54, 1.807) is 18.1 Å². The maximum absolute atomic E-state index is 12.9. The Balaban J connectivity index is 1.22. The predicted octanol–water partition coefficient (Wildman–Crippen LogP) is 1.17. The van der Waals surface area contributed by atoms with Crippen molar-refractivity contribution < 1.29 is 14.4 Å². The van der Waals surface area contributed by atoms with Gasteiger partial charge in [0.15, 0.2) is 0 Å². The highest BCUT2D eigenvalue weighted by atomic mass is 16.2. The number of aryl methyl sites for hydroxylation is 1. The molecule has 1 atom stereocenters. The highest BCUT2D eigenvalue weighted by Crippen LogP contribution is 2.31. The Morgan fingerprint density at radius 2 is 1.90 bits per heavy atom. The van der Waals surface area contributed by atoms with Gasteiger partial charge in [-0.15, -0.1) is 5.10 Å². The Hall–Kier alpha value is -2.45. The minimum atomic E-state index is -0.196. The molecule has 0 radical (unpaired) electrons. The van der Waals surface area contributed by atoms with Gasteiger partial charge in [-0.05, 0) is 31.6 Å². The van der Waals surface area contributed by atoms with E-state index in [-0.39, 0.29) is 29.6 Å². The maximum atomic E-state index is 12.9. The summed E-state index contributed by atoms with van der Waals surface area (Å²) < 4.78 is 1.54. The van der Waals surface area contributed by atoms with Gasteiger partial charge in [0.25, 0.3) is 0 Å². The van der Waals surface area contributed by atoms with Crippen LogP contribution in [0.15, 0.2) is 6.33 Å². The lowest BCUT2D eigenvalue weighted by Crippen LogP contribution is -2.43. The molecule has 29 heavy (non-hydrogen) atoms. The highest BCUT2D eigenvalue weighted by Gasteiger charge is 2.40. The van der Waals surface area contributed by atoms with Crippen molar-refractivity contribution in [1.82, 2.24) is 24.6 Å². The average Bonchev–Trinajstić information content (AvgIpc) is 3.43. The quantitative estimate of drug-likeness (QED) is 0.797. The van der Waals surface area contributed by atoms with E-state index in [0.29, 0.717) is 44.5 Å². The molecule has 3 amide bonds. The summed E-state index contributed by atoms with van der Waals surface area (Å²) >= 11 is 0. The van der Waals surface area contributed by atoms with E-state index in [4.69, 9.17) is 0 Å². The number of piperidine rings is 1. The first-order valence-corrected chi connectivity index (χ1v) is 10.7. The van der Waals surface area contributed by atoms with Gasteiger partial charge < -0.3 is 9.80 Å². The summed E-state index contributed by atoms with van der Waals surface area (Å²) in [4.78, 5) is 45.4. The lowest BCUT2D eigenvalue weighted by Gasteiger charge is -2.33. The number of aromatic nitrogens is 3.